The molecule has 18 N–H and O–H groups in total. The third-order valence-corrected chi connectivity index (χ3v) is 22.9. The van der Waals surface area contributed by atoms with Crippen LogP contribution in [0.3, 0.4) is 0 Å². The summed E-state index contributed by atoms with van der Waals surface area (Å²) in [5, 5.41) is 76.1. The van der Waals surface area contributed by atoms with Crippen LogP contribution in [-0.4, -0.2) is 300 Å². The molecule has 0 saturated carbocycles. The second kappa shape index (κ2) is 58.3. The number of carbonyl (C=O) groups excluding carboxylic acids is 13. The molecule has 3 aliphatic heterocycles. The van der Waals surface area contributed by atoms with Gasteiger partial charge in [0.05, 0.1) is 90.5 Å². The number of fused-ring (bicyclic) bond motifs is 6. The normalized spacial score (nSPS) is 29.9. The third kappa shape index (κ3) is 37.1. The molecule has 0 aromatic rings. The molecule has 0 aromatic heterocycles. The van der Waals surface area contributed by atoms with E-state index in [4.69, 9.17) is 79.5 Å². The first-order valence-electron chi connectivity index (χ1n) is 44.5. The number of allylic oxidation sites excluding steroid dienone is 12. The number of Topliss-reactive ketones (excluding diaryl/α,β-unsaturated/α-hetero) is 3. The van der Waals surface area contributed by atoms with E-state index in [-0.39, 0.29) is 158 Å². The molecule has 3 aliphatic carbocycles. The number of nitrogens with zero attached hydrogens (tertiary/aromatic N) is 1. The van der Waals surface area contributed by atoms with Crippen molar-refractivity contribution in [2.45, 2.75) is 195 Å². The van der Waals surface area contributed by atoms with Crippen molar-refractivity contribution < 1.29 is 155 Å². The number of aliphatic hydroxyl groups is 4. The summed E-state index contributed by atoms with van der Waals surface area (Å²) >= 11 is 0. The van der Waals surface area contributed by atoms with E-state index in [0.717, 1.165) is 18.2 Å². The van der Waals surface area contributed by atoms with Crippen molar-refractivity contribution in [3.8, 4) is 0 Å². The third-order valence-electron chi connectivity index (χ3n) is 22.9. The number of ketones is 6. The van der Waals surface area contributed by atoms with Gasteiger partial charge in [0.1, 0.15) is 31.5 Å². The Balaban J connectivity index is 0.000000629. The molecule has 3 heterocycles. The molecule has 0 fully saturated rings. The largest absolute Gasteiger partial charge is 0.508 e. The average molecular weight is 1940 g/mol. The van der Waals surface area contributed by atoms with E-state index in [2.05, 4.69) is 31.9 Å². The molecule has 6 aliphatic rings. The van der Waals surface area contributed by atoms with E-state index in [1.54, 1.807) is 79.7 Å². The predicted molar refractivity (Wildman–Crippen MR) is 500 cm³/mol. The minimum Gasteiger partial charge on any atom is -0.480 e. The van der Waals surface area contributed by atoms with Gasteiger partial charge in [-0.2, -0.15) is 0 Å². The number of nitrogens with two attached hydrogens (primary N) is 3. The number of methoxy groups -OCH3 is 6. The summed E-state index contributed by atoms with van der Waals surface area (Å²) in [6.45, 7) is 18.5. The van der Waals surface area contributed by atoms with Gasteiger partial charge in [-0.3, -0.25) is 57.6 Å². The maximum atomic E-state index is 14.2. The SMILES string of the molecule is CN(CC(=O)O)CC(=O)O.COC1/C=C\C=C(/C)C(=O)NC2=CC(=O)C(NCCO)=C(CC(C)CC(OC)C(O)C(C)/C=C(\C)C1OC(N)=O)C2=O.COC1/C=C\C=C(/C)C(=O)NC2=CC(=O)C(NCCOC(=O)OCCNC3=C4CC(C)CC(OC)C(O)C(C)/C=C(\C)C(OC(N)=O)C(OC)/C=C\C=C(/C)C(=O)NC(=CC3=O)C4=O)=C(CC(C)CC(OC)C(O)C(C)/C=C(\C)C1OC(N)=O)C2=O. The number of carboxylic acid groups (broad SMARTS) is 2. The summed E-state index contributed by atoms with van der Waals surface area (Å²) < 4.78 is 60.6. The van der Waals surface area contributed by atoms with E-state index < -0.39 is 192 Å². The summed E-state index contributed by atoms with van der Waals surface area (Å²) in [4.78, 5) is 192. The second-order valence-electron chi connectivity index (χ2n) is 34.2. The van der Waals surface area contributed by atoms with Crippen LogP contribution >= 0.6 is 0 Å². The van der Waals surface area contributed by atoms with Crippen molar-refractivity contribution in [1.82, 2.24) is 36.8 Å². The summed E-state index contributed by atoms with van der Waals surface area (Å²) in [6.07, 6.45) is 7.28. The van der Waals surface area contributed by atoms with Gasteiger partial charge >= 0.3 is 36.4 Å². The first kappa shape index (κ1) is 118. The number of likely N-dealkylation sites (N-methyl/N-ethyl adjacent to an activating group) is 1. The number of carbonyl (C=O) groups is 15. The van der Waals surface area contributed by atoms with Crippen molar-refractivity contribution in [2.75, 3.05) is 102 Å². The summed E-state index contributed by atoms with van der Waals surface area (Å²) in [6, 6.07) is 0. The fourth-order valence-electron chi connectivity index (χ4n) is 15.7. The lowest BCUT2D eigenvalue weighted by Crippen LogP contribution is -2.38. The number of ether oxygens (including phenoxy) is 11. The van der Waals surface area contributed by atoms with Gasteiger partial charge in [-0.25, -0.2) is 19.2 Å². The van der Waals surface area contributed by atoms with Crippen molar-refractivity contribution in [2.24, 2.45) is 52.7 Å². The fraction of sp³-hybridized carbons (Fsp3) is 0.531. The number of aliphatic hydroxyl groups excluding tert-OH is 4. The monoisotopic (exact) mass is 1940 g/mol. The van der Waals surface area contributed by atoms with Crippen molar-refractivity contribution in [3.05, 3.63) is 175 Å². The molecule has 42 heteroatoms. The van der Waals surface area contributed by atoms with E-state index in [1.165, 1.54) is 124 Å². The van der Waals surface area contributed by atoms with Gasteiger partial charge in [0.2, 0.25) is 34.7 Å². The number of hydrogen-bond donors (Lipinski definition) is 15. The van der Waals surface area contributed by atoms with Gasteiger partial charge < -0.3 is 132 Å². The van der Waals surface area contributed by atoms with Crippen LogP contribution in [0.2, 0.25) is 0 Å². The van der Waals surface area contributed by atoms with E-state index in [1.807, 2.05) is 6.92 Å². The van der Waals surface area contributed by atoms with Crippen LogP contribution in [-0.2, 0) is 105 Å². The zero-order valence-electron chi connectivity index (χ0n) is 81.4. The van der Waals surface area contributed by atoms with Crippen LogP contribution in [0.4, 0.5) is 19.2 Å². The molecule has 762 valence electrons. The number of aliphatic carboxylic acids is 2. The molecule has 18 unspecified atom stereocenters. The predicted octanol–water partition coefficient (Wildman–Crippen LogP) is 4.30. The molecule has 42 nitrogen and oxygen atoms in total. The van der Waals surface area contributed by atoms with Gasteiger partial charge in [-0.05, 0) is 122 Å². The highest BCUT2D eigenvalue weighted by molar-refractivity contribution is 6.25. The summed E-state index contributed by atoms with van der Waals surface area (Å²) in [7, 11) is 9.95. The fourth-order valence-corrected chi connectivity index (χ4v) is 15.7. The van der Waals surface area contributed by atoms with Crippen molar-refractivity contribution in [3.63, 3.8) is 0 Å². The maximum absolute atomic E-state index is 14.2. The van der Waals surface area contributed by atoms with E-state index in [9.17, 15) is 92.3 Å². The Bertz CT molecular complexity index is 4700. The lowest BCUT2D eigenvalue weighted by Gasteiger charge is -2.30. The van der Waals surface area contributed by atoms with Crippen LogP contribution in [0.1, 0.15) is 122 Å². The molecule has 6 rings (SSSR count). The number of primary amides is 3. The average Bonchev–Trinajstić information content (AvgIpc) is 0.867. The molecule has 6 bridgehead atoms. The highest BCUT2D eigenvalue weighted by Crippen LogP contribution is 2.34. The smallest absolute Gasteiger partial charge is 0.480 e. The molecular weight excluding hydrogens is 1810 g/mol. The lowest BCUT2D eigenvalue weighted by atomic mass is 9.85. The van der Waals surface area contributed by atoms with Crippen LogP contribution in [0.25, 0.3) is 0 Å². The Kier molecular flexibility index (Phi) is 49.8. The van der Waals surface area contributed by atoms with Crippen LogP contribution in [0, 0.1) is 35.5 Å². The van der Waals surface area contributed by atoms with Gasteiger partial charge in [-0.1, -0.05) is 114 Å². The topological polar surface area (TPSA) is 632 Å². The molecule has 0 aromatic carbocycles. The first-order chi connectivity index (χ1) is 65.0. The minimum atomic E-state index is -1.14. The number of nitrogens with one attached hydrogen (secondary N) is 6. The number of amides is 6. The quantitative estimate of drug-likeness (QED) is 0.0210. The Labute approximate surface area is 802 Å². The molecule has 0 spiro atoms. The van der Waals surface area contributed by atoms with Gasteiger partial charge in [0.15, 0.2) is 18.3 Å². The Morgan fingerprint density at radius 1 is 0.420 bits per heavy atom. The highest BCUT2D eigenvalue weighted by Gasteiger charge is 2.40. The zero-order valence-corrected chi connectivity index (χ0v) is 81.4. The molecule has 18 atom stereocenters. The summed E-state index contributed by atoms with van der Waals surface area (Å²) in [5.74, 6) is -10.4. The van der Waals surface area contributed by atoms with E-state index >= 15 is 0 Å². The van der Waals surface area contributed by atoms with Crippen molar-refractivity contribution >= 4 is 88.8 Å². The van der Waals surface area contributed by atoms with Crippen LogP contribution < -0.4 is 49.1 Å². The summed E-state index contributed by atoms with van der Waals surface area (Å²) in [5.41, 5.74) is 17.5. The molecule has 138 heavy (non-hydrogen) atoms. The van der Waals surface area contributed by atoms with E-state index in [0.29, 0.717) is 23.1 Å². The number of rotatable bonds is 24. The van der Waals surface area contributed by atoms with Gasteiger partial charge in [-0.15, -0.1) is 0 Å². The molecular formula is C96H136N10O32. The van der Waals surface area contributed by atoms with Crippen LogP contribution in [0.15, 0.2) is 175 Å². The molecule has 6 amide bonds. The highest BCUT2D eigenvalue weighted by atomic mass is 16.7. The van der Waals surface area contributed by atoms with Gasteiger partial charge in [0, 0.05) is 132 Å². The molecule has 0 radical (unpaired) electrons. The number of carboxylic acids is 2. The lowest BCUT2D eigenvalue weighted by molar-refractivity contribution is -0.141. The Morgan fingerprint density at radius 2 is 0.681 bits per heavy atom. The second-order valence-corrected chi connectivity index (χ2v) is 34.2. The van der Waals surface area contributed by atoms with Gasteiger partial charge in [0.25, 0.3) is 17.7 Å². The standard InChI is InChI=1S/C61H84N6O19.C30H43N3O9.C5H9NO4/c1-31-23-39-49(43(68)29-41(53(39)72)66-57(74)33(3)15-13-17-45(79-9)55(85-59(62)76)37(7)27-35(5)51(70)47(25-31)81-11)64-19-21-83-61(78)84-22-20-65-50-40-24-32(2)26-48(82-12)52(71)36(6)28-38(8)56(86-60(63)77)46(80-10)18-14-16-34(4)58(75)67-42(54(40)73)30-44(50)69;1-16-12-20-25(32-10-11-34)22(35)15-21(27(20)37)33-29(38)17(2)8-7-9-23(40-5)28(42-30(31)39)19(4)14-18(3)26(36)24(13-16)41-6;1-6(2-4(7)8)3-5(9)10/h13-18,27-32,35-36,45-48,51-52,55-56,64-65,70-71H,19-26H2,1-12H3,(H2,62,76)(H2,63,77)(H,66,74)(H,67,75);7-9,14-16,18,23-24,26,28,32,34,36H,10-13H2,1-6H3,(H2,31,39)(H,33,38);2-3H2,1H3,(H,7,8)(H,9,10)/b17-13-,18-14-,33-15+,34-16+,37-27+,38-28+;9-7-,17-8+,19-14+;. The Morgan fingerprint density at radius 3 is 0.913 bits per heavy atom. The first-order valence-corrected chi connectivity index (χ1v) is 44.5. The van der Waals surface area contributed by atoms with Crippen LogP contribution in [0.5, 0.6) is 0 Å². The maximum Gasteiger partial charge on any atom is 0.508 e. The van der Waals surface area contributed by atoms with Crippen molar-refractivity contribution in [1.29, 1.82) is 0 Å². The minimum absolute atomic E-state index is 0.0113. The number of hydrogen-bond acceptors (Lipinski definition) is 34. The zero-order chi connectivity index (χ0) is 104. The molecule has 0 saturated heterocycles. The Hall–Kier alpha value is -12.5.